The largest absolute Gasteiger partial charge is 0.504 e. The van der Waals surface area contributed by atoms with Gasteiger partial charge in [0.15, 0.2) is 11.5 Å². The molecule has 0 saturated heterocycles. The number of ether oxygens (including phenoxy) is 2. The summed E-state index contributed by atoms with van der Waals surface area (Å²) in [5, 5.41) is 17.3. The van der Waals surface area contributed by atoms with E-state index in [1.807, 2.05) is 0 Å². The Morgan fingerprint density at radius 2 is 1.97 bits per heavy atom. The molecule has 0 spiro atoms. The number of rotatable bonds is 8. The number of halogens is 1. The van der Waals surface area contributed by atoms with Crippen LogP contribution >= 0.6 is 0 Å². The quantitative estimate of drug-likeness (QED) is 0.479. The Morgan fingerprint density at radius 1 is 1.21 bits per heavy atom. The zero-order chi connectivity index (χ0) is 24.2. The van der Waals surface area contributed by atoms with Gasteiger partial charge in [-0.25, -0.2) is 9.18 Å². The van der Waals surface area contributed by atoms with Crippen LogP contribution in [0.4, 0.5) is 9.18 Å². The van der Waals surface area contributed by atoms with Crippen molar-refractivity contribution >= 4 is 11.6 Å². The molecule has 1 atom stereocenters. The number of carbonyl (C=O) groups excluding carboxylic acids is 1. The summed E-state index contributed by atoms with van der Waals surface area (Å²) in [7, 11) is 3.06. The second kappa shape index (κ2) is 9.92. The van der Waals surface area contributed by atoms with E-state index in [2.05, 4.69) is 15.5 Å². The fourth-order valence-electron chi connectivity index (χ4n) is 3.88. The number of nitrogens with one attached hydrogen (secondary N) is 1. The predicted octanol–water partition coefficient (Wildman–Crippen LogP) is 4.12. The number of aromatic nitrogens is 2. The van der Waals surface area contributed by atoms with Crippen molar-refractivity contribution in [3.05, 3.63) is 65.4 Å². The SMILES string of the molecule is COCCCN1C(=O)NC(c2ccc(OC)c(O)c2)C(c2nc(-c3ccc(F)cc3)no2)=C1C. The van der Waals surface area contributed by atoms with Crippen LogP contribution in [0.15, 0.2) is 52.7 Å². The second-order valence-electron chi connectivity index (χ2n) is 7.74. The number of allylic oxidation sites excluding steroid dienone is 1. The van der Waals surface area contributed by atoms with Crippen LogP contribution in [0.3, 0.4) is 0 Å². The number of urea groups is 1. The Hall–Kier alpha value is -3.92. The molecule has 1 aliphatic heterocycles. The van der Waals surface area contributed by atoms with E-state index < -0.39 is 6.04 Å². The van der Waals surface area contributed by atoms with Crippen molar-refractivity contribution in [2.75, 3.05) is 27.4 Å². The van der Waals surface area contributed by atoms with E-state index in [0.29, 0.717) is 47.7 Å². The summed E-state index contributed by atoms with van der Waals surface area (Å²) in [5.74, 6) is 0.368. The molecule has 3 aromatic rings. The van der Waals surface area contributed by atoms with Crippen LogP contribution in [0.25, 0.3) is 17.0 Å². The fraction of sp³-hybridized carbons (Fsp3) is 0.292. The van der Waals surface area contributed by atoms with Crippen LogP contribution in [0.1, 0.15) is 30.8 Å². The first-order valence-corrected chi connectivity index (χ1v) is 10.7. The minimum absolute atomic E-state index is 0.0636. The molecule has 10 heteroatoms. The van der Waals surface area contributed by atoms with Crippen molar-refractivity contribution in [3.8, 4) is 22.9 Å². The van der Waals surface area contributed by atoms with E-state index in [1.165, 1.54) is 25.3 Å². The summed E-state index contributed by atoms with van der Waals surface area (Å²) >= 11 is 0. The molecule has 2 amide bonds. The van der Waals surface area contributed by atoms with Crippen LogP contribution in [0.5, 0.6) is 11.5 Å². The topological polar surface area (TPSA) is 110 Å². The van der Waals surface area contributed by atoms with Crippen molar-refractivity contribution in [3.63, 3.8) is 0 Å². The minimum atomic E-state index is -0.663. The van der Waals surface area contributed by atoms with E-state index in [0.717, 1.165) is 0 Å². The number of amides is 2. The maximum atomic E-state index is 13.3. The first-order valence-electron chi connectivity index (χ1n) is 10.7. The lowest BCUT2D eigenvalue weighted by molar-refractivity contribution is 0.174. The number of hydrogen-bond donors (Lipinski definition) is 2. The Labute approximate surface area is 195 Å². The van der Waals surface area contributed by atoms with Crippen molar-refractivity contribution in [2.24, 2.45) is 0 Å². The van der Waals surface area contributed by atoms with Gasteiger partial charge in [-0.2, -0.15) is 4.98 Å². The molecular weight excluding hydrogens is 443 g/mol. The number of phenols is 1. The molecule has 2 heterocycles. The first-order chi connectivity index (χ1) is 16.4. The van der Waals surface area contributed by atoms with E-state index in [1.54, 1.807) is 43.2 Å². The lowest BCUT2D eigenvalue weighted by Crippen LogP contribution is -2.46. The Balaban J connectivity index is 1.78. The third kappa shape index (κ3) is 4.58. The summed E-state index contributed by atoms with van der Waals surface area (Å²) in [6, 6.07) is 9.68. The number of phenolic OH excluding ortho intramolecular Hbond substituents is 1. The predicted molar refractivity (Wildman–Crippen MR) is 121 cm³/mol. The maximum Gasteiger partial charge on any atom is 0.322 e. The van der Waals surface area contributed by atoms with Crippen molar-refractivity contribution in [2.45, 2.75) is 19.4 Å². The Kier molecular flexibility index (Phi) is 6.78. The second-order valence-corrected chi connectivity index (χ2v) is 7.74. The molecule has 1 aromatic heterocycles. The number of carbonyl (C=O) groups is 1. The molecular formula is C24H25FN4O5. The highest BCUT2D eigenvalue weighted by Gasteiger charge is 2.36. The monoisotopic (exact) mass is 468 g/mol. The lowest BCUT2D eigenvalue weighted by Gasteiger charge is -2.35. The van der Waals surface area contributed by atoms with E-state index in [-0.39, 0.29) is 29.3 Å². The fourth-order valence-corrected chi connectivity index (χ4v) is 3.88. The molecule has 1 aliphatic rings. The first kappa shape index (κ1) is 23.2. The summed E-state index contributed by atoms with van der Waals surface area (Å²) in [5.41, 5.74) is 2.42. The van der Waals surface area contributed by atoms with E-state index in [9.17, 15) is 14.3 Å². The van der Waals surface area contributed by atoms with Gasteiger partial charge in [-0.1, -0.05) is 11.2 Å². The zero-order valence-corrected chi connectivity index (χ0v) is 19.0. The molecule has 0 aliphatic carbocycles. The Morgan fingerprint density at radius 3 is 2.65 bits per heavy atom. The Bertz CT molecular complexity index is 1210. The molecule has 34 heavy (non-hydrogen) atoms. The van der Waals surface area contributed by atoms with Gasteiger partial charge in [0.1, 0.15) is 5.82 Å². The van der Waals surface area contributed by atoms with Gasteiger partial charge in [0.25, 0.3) is 5.89 Å². The van der Waals surface area contributed by atoms with Gasteiger partial charge >= 0.3 is 6.03 Å². The highest BCUT2D eigenvalue weighted by molar-refractivity contribution is 5.87. The summed E-state index contributed by atoms with van der Waals surface area (Å²) in [6.45, 7) is 2.73. The van der Waals surface area contributed by atoms with E-state index >= 15 is 0 Å². The van der Waals surface area contributed by atoms with Gasteiger partial charge in [0, 0.05) is 31.5 Å². The molecule has 2 N–H and O–H groups in total. The zero-order valence-electron chi connectivity index (χ0n) is 19.0. The van der Waals surface area contributed by atoms with Crippen LogP contribution in [-0.2, 0) is 4.74 Å². The average Bonchev–Trinajstić information content (AvgIpc) is 3.31. The number of nitrogens with zero attached hydrogens (tertiary/aromatic N) is 3. The molecule has 0 radical (unpaired) electrons. The number of aromatic hydroxyl groups is 1. The van der Waals surface area contributed by atoms with E-state index in [4.69, 9.17) is 14.0 Å². The molecule has 1 unspecified atom stereocenters. The summed E-state index contributed by atoms with van der Waals surface area (Å²) < 4.78 is 29.2. The van der Waals surface area contributed by atoms with Gasteiger partial charge in [-0.15, -0.1) is 0 Å². The van der Waals surface area contributed by atoms with Crippen molar-refractivity contribution in [1.29, 1.82) is 0 Å². The normalized spacial score (nSPS) is 16.1. The minimum Gasteiger partial charge on any atom is -0.504 e. The molecule has 9 nitrogen and oxygen atoms in total. The number of hydrogen-bond acceptors (Lipinski definition) is 7. The molecule has 0 fully saturated rings. The molecule has 178 valence electrons. The highest BCUT2D eigenvalue weighted by atomic mass is 19.1. The van der Waals surface area contributed by atoms with Crippen molar-refractivity contribution < 1.29 is 28.3 Å². The van der Waals surface area contributed by atoms with Crippen LogP contribution in [-0.4, -0.2) is 53.5 Å². The van der Waals surface area contributed by atoms with Crippen molar-refractivity contribution in [1.82, 2.24) is 20.4 Å². The average molecular weight is 468 g/mol. The number of benzene rings is 2. The van der Waals surface area contributed by atoms with Gasteiger partial charge in [0.2, 0.25) is 5.82 Å². The smallest absolute Gasteiger partial charge is 0.322 e. The van der Waals surface area contributed by atoms with Gasteiger partial charge in [-0.05, 0) is 55.3 Å². The lowest BCUT2D eigenvalue weighted by atomic mass is 9.94. The molecule has 0 bridgehead atoms. The van der Waals surface area contributed by atoms with Gasteiger partial charge < -0.3 is 24.4 Å². The number of methoxy groups -OCH3 is 2. The summed E-state index contributed by atoms with van der Waals surface area (Å²) in [4.78, 5) is 19.1. The van der Waals surface area contributed by atoms with Crippen LogP contribution in [0, 0.1) is 5.82 Å². The maximum absolute atomic E-state index is 13.3. The van der Waals surface area contributed by atoms with Crippen LogP contribution < -0.4 is 10.1 Å². The molecule has 4 rings (SSSR count). The molecule has 0 saturated carbocycles. The van der Waals surface area contributed by atoms with Gasteiger partial charge in [0.05, 0.1) is 18.7 Å². The molecule has 2 aromatic carbocycles. The standard InChI is InChI=1S/C24H25FN4O5/c1-14-20(23-27-22(28-34-23)15-5-8-17(25)9-6-15)21(16-7-10-19(33-3)18(30)13-16)26-24(31)29(14)11-4-12-32-2/h5-10,13,21,30H,4,11-12H2,1-3H3,(H,26,31). The third-order valence-corrected chi connectivity index (χ3v) is 5.62. The third-order valence-electron chi connectivity index (χ3n) is 5.62. The van der Waals surface area contributed by atoms with Gasteiger partial charge in [-0.3, -0.25) is 4.90 Å². The summed E-state index contributed by atoms with van der Waals surface area (Å²) in [6.07, 6.45) is 0.632. The van der Waals surface area contributed by atoms with Crippen LogP contribution in [0.2, 0.25) is 0 Å². The highest BCUT2D eigenvalue weighted by Crippen LogP contribution is 2.39.